The topological polar surface area (TPSA) is 29.5 Å². The number of hydrogen-bond acceptors (Lipinski definition) is 3. The largest absolute Gasteiger partial charge is 0.492 e. The molecule has 0 aliphatic carbocycles. The molecule has 1 heterocycles. The summed E-state index contributed by atoms with van der Waals surface area (Å²) in [6, 6.07) is 12.5. The summed E-state index contributed by atoms with van der Waals surface area (Å²) >= 11 is 5.34. The van der Waals surface area contributed by atoms with Crippen LogP contribution in [-0.4, -0.2) is 17.0 Å². The van der Waals surface area contributed by atoms with Crippen LogP contribution in [0.15, 0.2) is 45.8 Å². The van der Waals surface area contributed by atoms with Crippen molar-refractivity contribution in [2.45, 2.75) is 30.1 Å². The molecule has 1 atom stereocenters. The SMILES string of the molecule is Cc1cc(Br)cc(CO)c1OCC1Cc2ccccc2S1. The quantitative estimate of drug-likeness (QED) is 0.874. The Morgan fingerprint density at radius 1 is 1.33 bits per heavy atom. The van der Waals surface area contributed by atoms with E-state index < -0.39 is 0 Å². The molecule has 0 spiro atoms. The first kappa shape index (κ1) is 14.9. The van der Waals surface area contributed by atoms with E-state index in [1.165, 1.54) is 10.5 Å². The van der Waals surface area contributed by atoms with Gasteiger partial charge < -0.3 is 9.84 Å². The van der Waals surface area contributed by atoms with Crippen molar-refractivity contribution < 1.29 is 9.84 Å². The normalized spacial score (nSPS) is 16.8. The zero-order valence-electron chi connectivity index (χ0n) is 11.8. The van der Waals surface area contributed by atoms with Crippen LogP contribution in [0.1, 0.15) is 16.7 Å². The first-order valence-corrected chi connectivity index (χ1v) is 8.62. The lowest BCUT2D eigenvalue weighted by atomic mass is 10.1. The molecule has 110 valence electrons. The average Bonchev–Trinajstić information content (AvgIpc) is 2.88. The van der Waals surface area contributed by atoms with Crippen LogP contribution in [0.3, 0.4) is 0 Å². The van der Waals surface area contributed by atoms with E-state index in [0.717, 1.165) is 27.8 Å². The fraction of sp³-hybridized carbons (Fsp3) is 0.294. The number of benzene rings is 2. The van der Waals surface area contributed by atoms with Crippen LogP contribution in [0.2, 0.25) is 0 Å². The highest BCUT2D eigenvalue weighted by Crippen LogP contribution is 2.37. The second-order valence-corrected chi connectivity index (χ2v) is 7.49. The monoisotopic (exact) mass is 364 g/mol. The van der Waals surface area contributed by atoms with E-state index in [-0.39, 0.29) is 6.61 Å². The third kappa shape index (κ3) is 3.28. The molecule has 0 saturated heterocycles. The van der Waals surface area contributed by atoms with Gasteiger partial charge in [-0.25, -0.2) is 0 Å². The van der Waals surface area contributed by atoms with Crippen LogP contribution in [0.25, 0.3) is 0 Å². The summed E-state index contributed by atoms with van der Waals surface area (Å²) in [6.07, 6.45) is 1.05. The summed E-state index contributed by atoms with van der Waals surface area (Å²) in [5, 5.41) is 9.94. The van der Waals surface area contributed by atoms with Gasteiger partial charge in [-0.05, 0) is 42.7 Å². The summed E-state index contributed by atoms with van der Waals surface area (Å²) in [6.45, 7) is 2.66. The molecule has 0 saturated carbocycles. The molecule has 1 aliphatic heterocycles. The Hall–Kier alpha value is -0.970. The van der Waals surface area contributed by atoms with Gasteiger partial charge in [-0.2, -0.15) is 0 Å². The van der Waals surface area contributed by atoms with Gasteiger partial charge >= 0.3 is 0 Å². The molecule has 2 aromatic rings. The van der Waals surface area contributed by atoms with Gasteiger partial charge in [-0.3, -0.25) is 0 Å². The zero-order valence-corrected chi connectivity index (χ0v) is 14.2. The van der Waals surface area contributed by atoms with Crippen molar-refractivity contribution in [3.05, 3.63) is 57.6 Å². The lowest BCUT2D eigenvalue weighted by Crippen LogP contribution is -2.15. The summed E-state index contributed by atoms with van der Waals surface area (Å²) in [7, 11) is 0. The molecule has 1 N–H and O–H groups in total. The Morgan fingerprint density at radius 2 is 2.14 bits per heavy atom. The van der Waals surface area contributed by atoms with Crippen LogP contribution in [0, 0.1) is 6.92 Å². The number of hydrogen-bond donors (Lipinski definition) is 1. The number of aliphatic hydroxyl groups is 1. The number of fused-ring (bicyclic) bond motifs is 1. The van der Waals surface area contributed by atoms with Gasteiger partial charge in [-0.15, -0.1) is 11.8 Å². The molecule has 4 heteroatoms. The van der Waals surface area contributed by atoms with Gasteiger partial charge in [0.05, 0.1) is 6.61 Å². The molecule has 1 unspecified atom stereocenters. The summed E-state index contributed by atoms with van der Waals surface area (Å²) < 4.78 is 7.00. The van der Waals surface area contributed by atoms with Gasteiger partial charge in [0.25, 0.3) is 0 Å². The molecule has 2 aromatic carbocycles. The van der Waals surface area contributed by atoms with Crippen molar-refractivity contribution in [3.8, 4) is 5.75 Å². The van der Waals surface area contributed by atoms with Gasteiger partial charge in [0.15, 0.2) is 0 Å². The zero-order chi connectivity index (χ0) is 14.8. The van der Waals surface area contributed by atoms with E-state index >= 15 is 0 Å². The number of halogens is 1. The van der Waals surface area contributed by atoms with Crippen molar-refractivity contribution in [3.63, 3.8) is 0 Å². The minimum Gasteiger partial charge on any atom is -0.492 e. The van der Waals surface area contributed by atoms with Gasteiger partial charge in [0.2, 0.25) is 0 Å². The Bertz CT molecular complexity index is 632. The molecule has 0 fully saturated rings. The molecule has 2 nitrogen and oxygen atoms in total. The minimum absolute atomic E-state index is 0.00630. The molecule has 0 radical (unpaired) electrons. The van der Waals surface area contributed by atoms with E-state index in [9.17, 15) is 5.11 Å². The molecule has 3 rings (SSSR count). The van der Waals surface area contributed by atoms with Crippen LogP contribution in [0.4, 0.5) is 0 Å². The smallest absolute Gasteiger partial charge is 0.127 e. The predicted octanol–water partition coefficient (Wildman–Crippen LogP) is 4.35. The van der Waals surface area contributed by atoms with Crippen molar-refractivity contribution in [1.82, 2.24) is 0 Å². The Morgan fingerprint density at radius 3 is 2.90 bits per heavy atom. The second kappa shape index (κ2) is 6.42. The number of aliphatic hydroxyl groups excluding tert-OH is 1. The molecule has 0 amide bonds. The van der Waals surface area contributed by atoms with Crippen LogP contribution in [-0.2, 0) is 13.0 Å². The Kier molecular flexibility index (Phi) is 4.57. The van der Waals surface area contributed by atoms with E-state index in [1.54, 1.807) is 0 Å². The Labute approximate surface area is 137 Å². The lowest BCUT2D eigenvalue weighted by molar-refractivity contribution is 0.262. The number of ether oxygens (including phenoxy) is 1. The minimum atomic E-state index is -0.00630. The van der Waals surface area contributed by atoms with Crippen molar-refractivity contribution in [2.75, 3.05) is 6.61 Å². The maximum absolute atomic E-state index is 9.50. The van der Waals surface area contributed by atoms with Crippen LogP contribution < -0.4 is 4.74 Å². The number of aryl methyl sites for hydroxylation is 1. The van der Waals surface area contributed by atoms with E-state index in [0.29, 0.717) is 11.9 Å². The third-order valence-electron chi connectivity index (χ3n) is 3.61. The second-order valence-electron chi connectivity index (χ2n) is 5.23. The summed E-state index contributed by atoms with van der Waals surface area (Å²) in [5.74, 6) is 0.817. The Balaban J connectivity index is 1.70. The molecular weight excluding hydrogens is 348 g/mol. The summed E-state index contributed by atoms with van der Waals surface area (Å²) in [4.78, 5) is 1.36. The van der Waals surface area contributed by atoms with Crippen LogP contribution >= 0.6 is 27.7 Å². The van der Waals surface area contributed by atoms with Crippen molar-refractivity contribution >= 4 is 27.7 Å². The van der Waals surface area contributed by atoms with Crippen molar-refractivity contribution in [2.24, 2.45) is 0 Å². The third-order valence-corrected chi connectivity index (χ3v) is 5.36. The average molecular weight is 365 g/mol. The molecule has 0 bridgehead atoms. The van der Waals surface area contributed by atoms with Gasteiger partial charge in [0.1, 0.15) is 12.4 Å². The molecule has 1 aliphatic rings. The van der Waals surface area contributed by atoms with Crippen molar-refractivity contribution in [1.29, 1.82) is 0 Å². The number of rotatable bonds is 4. The maximum atomic E-state index is 9.50. The van der Waals surface area contributed by atoms with E-state index in [4.69, 9.17) is 4.74 Å². The predicted molar refractivity (Wildman–Crippen MR) is 90.1 cm³/mol. The van der Waals surface area contributed by atoms with Gasteiger partial charge in [-0.1, -0.05) is 34.1 Å². The first-order valence-electron chi connectivity index (χ1n) is 6.94. The highest BCUT2D eigenvalue weighted by atomic mass is 79.9. The maximum Gasteiger partial charge on any atom is 0.127 e. The first-order chi connectivity index (χ1) is 10.2. The number of thioether (sulfide) groups is 1. The fourth-order valence-electron chi connectivity index (χ4n) is 2.65. The molecule has 21 heavy (non-hydrogen) atoms. The van der Waals surface area contributed by atoms with Gasteiger partial charge in [0, 0.05) is 20.2 Å². The fourth-order valence-corrected chi connectivity index (χ4v) is 4.48. The standard InChI is InChI=1S/C17H17BrO2S/c1-11-6-14(18)7-13(9-19)17(11)20-10-15-8-12-4-2-3-5-16(12)21-15/h2-7,15,19H,8-10H2,1H3. The highest BCUT2D eigenvalue weighted by Gasteiger charge is 2.23. The lowest BCUT2D eigenvalue weighted by Gasteiger charge is -2.16. The van der Waals surface area contributed by atoms with Crippen LogP contribution in [0.5, 0.6) is 5.75 Å². The highest BCUT2D eigenvalue weighted by molar-refractivity contribution is 9.10. The summed E-state index contributed by atoms with van der Waals surface area (Å²) in [5.41, 5.74) is 3.29. The van der Waals surface area contributed by atoms with E-state index in [2.05, 4.69) is 40.2 Å². The van der Waals surface area contributed by atoms with E-state index in [1.807, 2.05) is 30.8 Å². The molecular formula is C17H17BrO2S. The molecule has 0 aromatic heterocycles.